The maximum absolute atomic E-state index is 13.1. The molecule has 6 heteroatoms. The van der Waals surface area contributed by atoms with Crippen molar-refractivity contribution in [2.24, 2.45) is 0 Å². The van der Waals surface area contributed by atoms with Gasteiger partial charge in [-0.15, -0.1) is 0 Å². The van der Waals surface area contributed by atoms with Gasteiger partial charge in [-0.05, 0) is 67.5 Å². The second-order valence-corrected chi connectivity index (χ2v) is 12.7. The molecule has 2 fully saturated rings. The summed E-state index contributed by atoms with van der Waals surface area (Å²) >= 11 is 0. The van der Waals surface area contributed by atoms with E-state index >= 15 is 0 Å². The van der Waals surface area contributed by atoms with Crippen molar-refractivity contribution in [3.8, 4) is 0 Å². The molecule has 0 atom stereocenters. The summed E-state index contributed by atoms with van der Waals surface area (Å²) in [6, 6.07) is 6.84. The summed E-state index contributed by atoms with van der Waals surface area (Å²) in [6.07, 6.45) is 2.73. The first-order chi connectivity index (χ1) is 14.6. The first kappa shape index (κ1) is 24.7. The number of carbonyl (C=O) groups excluding carboxylic acids is 2. The zero-order valence-corrected chi connectivity index (χ0v) is 21.1. The summed E-state index contributed by atoms with van der Waals surface area (Å²) in [4.78, 5) is 26.2. The average molecular weight is 447 g/mol. The molecule has 178 valence electrons. The average Bonchev–Trinajstić information content (AvgIpc) is 2.55. The minimum atomic E-state index is -0.450. The number of piperidine rings is 2. The molecule has 0 saturated carbocycles. The molecule has 6 nitrogen and oxygen atoms in total. The lowest BCUT2D eigenvalue weighted by Crippen LogP contribution is -3.06. The van der Waals surface area contributed by atoms with Gasteiger partial charge in [-0.2, -0.15) is 0 Å². The number of nitrogens with two attached hydrogens (primary N) is 2. The van der Waals surface area contributed by atoms with Crippen LogP contribution in [0.5, 0.6) is 0 Å². The Bertz CT molecular complexity index is 769. The number of ether oxygens (including phenoxy) is 2. The fraction of sp³-hybridized carbons (Fsp3) is 0.692. The lowest BCUT2D eigenvalue weighted by atomic mass is 9.81. The summed E-state index contributed by atoms with van der Waals surface area (Å²) in [5.74, 6) is -0.901. The van der Waals surface area contributed by atoms with E-state index in [4.69, 9.17) is 9.47 Å². The fourth-order valence-corrected chi connectivity index (χ4v) is 6.28. The van der Waals surface area contributed by atoms with E-state index in [1.807, 2.05) is 0 Å². The number of carbonyl (C=O) groups is 2. The van der Waals surface area contributed by atoms with Crippen molar-refractivity contribution in [3.05, 3.63) is 35.4 Å². The van der Waals surface area contributed by atoms with Gasteiger partial charge in [0.15, 0.2) is 0 Å². The molecule has 0 spiro atoms. The van der Waals surface area contributed by atoms with E-state index in [0.29, 0.717) is 0 Å². The Hall–Kier alpha value is -1.92. The van der Waals surface area contributed by atoms with Crippen LogP contribution in [0.15, 0.2) is 24.3 Å². The van der Waals surface area contributed by atoms with E-state index in [1.165, 1.54) is 0 Å². The summed E-state index contributed by atoms with van der Waals surface area (Å²) in [7, 11) is 0. The Kier molecular flexibility index (Phi) is 6.53. The van der Waals surface area contributed by atoms with Gasteiger partial charge in [-0.25, -0.2) is 9.59 Å². The zero-order valence-electron chi connectivity index (χ0n) is 21.1. The molecule has 1 aromatic rings. The van der Waals surface area contributed by atoms with Crippen LogP contribution in [-0.4, -0.2) is 46.3 Å². The monoisotopic (exact) mass is 446 g/mol. The van der Waals surface area contributed by atoms with Gasteiger partial charge in [0.05, 0.1) is 33.3 Å². The Balaban J connectivity index is 1.74. The van der Waals surface area contributed by atoms with E-state index in [2.05, 4.69) is 66.0 Å². The molecule has 0 radical (unpaired) electrons. The summed E-state index contributed by atoms with van der Waals surface area (Å²) in [5.41, 5.74) is 0.518. The van der Waals surface area contributed by atoms with E-state index < -0.39 is 11.9 Å². The molecule has 2 aliphatic rings. The third-order valence-electron chi connectivity index (χ3n) is 6.49. The number of esters is 2. The van der Waals surface area contributed by atoms with Gasteiger partial charge in [-0.1, -0.05) is 12.1 Å². The van der Waals surface area contributed by atoms with Crippen molar-refractivity contribution >= 4 is 11.9 Å². The molecule has 2 aliphatic heterocycles. The minimum Gasteiger partial charge on any atom is -0.458 e. The third-order valence-corrected chi connectivity index (χ3v) is 6.49. The molecular formula is C26H42N2O4+2. The molecule has 2 saturated heterocycles. The van der Waals surface area contributed by atoms with Crippen LogP contribution >= 0.6 is 0 Å². The zero-order chi connectivity index (χ0) is 23.9. The van der Waals surface area contributed by atoms with Crippen molar-refractivity contribution in [2.75, 3.05) is 0 Å². The van der Waals surface area contributed by atoms with Crippen molar-refractivity contribution < 1.29 is 29.7 Å². The highest BCUT2D eigenvalue weighted by atomic mass is 16.6. The topological polar surface area (TPSA) is 85.8 Å². The van der Waals surface area contributed by atoms with Gasteiger partial charge < -0.3 is 20.1 Å². The standard InChI is InChI=1S/C26H40N2O4/c1-23(2)13-17(14-24(3,4)27-23)31-21(29)19-11-9-10-12-20(19)22(30)32-18-15-25(5,6)28-26(7,8)16-18/h9-12,17-18,27-28H,13-16H2,1-8H3/p+2. The Morgan fingerprint density at radius 3 is 1.22 bits per heavy atom. The molecule has 0 amide bonds. The molecule has 1 aromatic carbocycles. The second-order valence-electron chi connectivity index (χ2n) is 12.7. The number of hydrogen-bond donors (Lipinski definition) is 2. The van der Waals surface area contributed by atoms with Crippen LogP contribution in [-0.2, 0) is 9.47 Å². The summed E-state index contributed by atoms with van der Waals surface area (Å²) in [5, 5.41) is 4.69. The van der Waals surface area contributed by atoms with Gasteiger partial charge >= 0.3 is 11.9 Å². The largest absolute Gasteiger partial charge is 0.458 e. The van der Waals surface area contributed by atoms with Crippen molar-refractivity contribution in [2.45, 2.75) is 115 Å². The quantitative estimate of drug-likeness (QED) is 0.696. The van der Waals surface area contributed by atoms with Crippen molar-refractivity contribution in [3.63, 3.8) is 0 Å². The maximum Gasteiger partial charge on any atom is 0.339 e. The maximum atomic E-state index is 13.1. The highest BCUT2D eigenvalue weighted by molar-refractivity contribution is 6.03. The number of quaternary nitrogens is 2. The fourth-order valence-electron chi connectivity index (χ4n) is 6.28. The van der Waals surface area contributed by atoms with Crippen LogP contribution in [0.3, 0.4) is 0 Å². The normalized spacial score (nSPS) is 24.5. The van der Waals surface area contributed by atoms with Crippen LogP contribution in [0.25, 0.3) is 0 Å². The lowest BCUT2D eigenvalue weighted by Gasteiger charge is -2.42. The van der Waals surface area contributed by atoms with Gasteiger partial charge in [-0.3, -0.25) is 0 Å². The van der Waals surface area contributed by atoms with Crippen LogP contribution in [0, 0.1) is 0 Å². The van der Waals surface area contributed by atoms with E-state index in [-0.39, 0.29) is 45.5 Å². The molecule has 32 heavy (non-hydrogen) atoms. The van der Waals surface area contributed by atoms with Gasteiger partial charge in [0.25, 0.3) is 0 Å². The van der Waals surface area contributed by atoms with Gasteiger partial charge in [0.2, 0.25) is 0 Å². The highest BCUT2D eigenvalue weighted by Crippen LogP contribution is 2.27. The van der Waals surface area contributed by atoms with E-state index in [9.17, 15) is 9.59 Å². The molecule has 3 rings (SSSR count). The van der Waals surface area contributed by atoms with Crippen LogP contribution < -0.4 is 10.6 Å². The molecule has 2 heterocycles. The minimum absolute atomic E-state index is 0.0112. The van der Waals surface area contributed by atoms with E-state index in [0.717, 1.165) is 25.7 Å². The molecule has 0 aromatic heterocycles. The van der Waals surface area contributed by atoms with Crippen molar-refractivity contribution in [1.82, 2.24) is 0 Å². The number of hydrogen-bond acceptors (Lipinski definition) is 4. The molecule has 4 N–H and O–H groups in total. The molecule has 0 unspecified atom stereocenters. The smallest absolute Gasteiger partial charge is 0.339 e. The molecule has 0 aliphatic carbocycles. The van der Waals surface area contributed by atoms with Gasteiger partial charge in [0.1, 0.15) is 12.2 Å². The van der Waals surface area contributed by atoms with Crippen LogP contribution in [0.1, 0.15) is 102 Å². The SMILES string of the molecule is CC1(C)CC(OC(=O)c2ccccc2C(=O)OC2CC(C)(C)[NH2+]C(C)(C)C2)CC(C)(C)[NH2+]1. The number of rotatable bonds is 4. The molecular weight excluding hydrogens is 404 g/mol. The summed E-state index contributed by atoms with van der Waals surface area (Å²) < 4.78 is 11.8. The van der Waals surface area contributed by atoms with Crippen LogP contribution in [0.4, 0.5) is 0 Å². The summed E-state index contributed by atoms with van der Waals surface area (Å²) in [6.45, 7) is 17.4. The first-order valence-corrected chi connectivity index (χ1v) is 11.8. The second kappa shape index (κ2) is 8.45. The Labute approximate surface area is 192 Å². The lowest BCUT2D eigenvalue weighted by molar-refractivity contribution is -0.790. The first-order valence-electron chi connectivity index (χ1n) is 11.8. The Morgan fingerprint density at radius 2 is 0.938 bits per heavy atom. The molecule has 0 bridgehead atoms. The highest BCUT2D eigenvalue weighted by Gasteiger charge is 2.45. The number of benzene rings is 1. The van der Waals surface area contributed by atoms with Gasteiger partial charge in [0, 0.05) is 25.7 Å². The predicted molar refractivity (Wildman–Crippen MR) is 123 cm³/mol. The van der Waals surface area contributed by atoms with E-state index in [1.54, 1.807) is 24.3 Å². The predicted octanol–water partition coefficient (Wildman–Crippen LogP) is 2.57. The van der Waals surface area contributed by atoms with Crippen molar-refractivity contribution in [1.29, 1.82) is 0 Å². The van der Waals surface area contributed by atoms with Crippen LogP contribution in [0.2, 0.25) is 0 Å². The third kappa shape index (κ3) is 6.32. The Morgan fingerprint density at radius 1 is 0.656 bits per heavy atom.